The van der Waals surface area contributed by atoms with Gasteiger partial charge in [0, 0.05) is 32.1 Å². The summed E-state index contributed by atoms with van der Waals surface area (Å²) in [4.78, 5) is 4.56. The number of halogens is 1. The number of hydrogen-bond acceptors (Lipinski definition) is 4. The Morgan fingerprint density at radius 2 is 1.83 bits per heavy atom. The standard InChI is InChI=1S/C15H31N3O3S.HI/c1-6-16-14(18-13(4)12(2)3)17-11-15(22(5,19)20)7-9-21-10-8-15;/h12-13H,6-11H2,1-5H3,(H2,16,17,18);1H. The second-order valence-corrected chi connectivity index (χ2v) is 8.85. The Bertz CT molecular complexity index is 474. The number of nitrogens with one attached hydrogen (secondary N) is 2. The van der Waals surface area contributed by atoms with Crippen LogP contribution in [0.2, 0.25) is 0 Å². The van der Waals surface area contributed by atoms with Gasteiger partial charge in [0.05, 0.1) is 11.3 Å². The molecule has 23 heavy (non-hydrogen) atoms. The van der Waals surface area contributed by atoms with Crippen molar-refractivity contribution in [3.63, 3.8) is 0 Å². The Balaban J connectivity index is 0.00000484. The van der Waals surface area contributed by atoms with E-state index < -0.39 is 14.6 Å². The van der Waals surface area contributed by atoms with E-state index in [9.17, 15) is 8.42 Å². The fraction of sp³-hybridized carbons (Fsp3) is 0.933. The second kappa shape index (κ2) is 10.0. The molecular formula is C15H32IN3O3S. The lowest BCUT2D eigenvalue weighted by Crippen LogP contribution is -2.48. The van der Waals surface area contributed by atoms with Crippen LogP contribution in [0, 0.1) is 5.92 Å². The number of nitrogens with zero attached hydrogens (tertiary/aromatic N) is 1. The first-order chi connectivity index (χ1) is 10.2. The summed E-state index contributed by atoms with van der Waals surface area (Å²) in [5.74, 6) is 1.15. The zero-order valence-corrected chi connectivity index (χ0v) is 18.0. The highest BCUT2D eigenvalue weighted by atomic mass is 127. The largest absolute Gasteiger partial charge is 0.381 e. The molecule has 1 atom stereocenters. The Morgan fingerprint density at radius 3 is 2.26 bits per heavy atom. The molecule has 8 heteroatoms. The van der Waals surface area contributed by atoms with Crippen LogP contribution in [-0.4, -0.2) is 57.7 Å². The molecule has 6 nitrogen and oxygen atoms in total. The minimum Gasteiger partial charge on any atom is -0.381 e. The van der Waals surface area contributed by atoms with Gasteiger partial charge in [-0.25, -0.2) is 8.42 Å². The average Bonchev–Trinajstić information content (AvgIpc) is 2.44. The molecule has 1 unspecified atom stereocenters. The maximum absolute atomic E-state index is 12.2. The number of hydrogen-bond donors (Lipinski definition) is 2. The van der Waals surface area contributed by atoms with Crippen LogP contribution in [0.5, 0.6) is 0 Å². The van der Waals surface area contributed by atoms with Crippen LogP contribution in [-0.2, 0) is 14.6 Å². The van der Waals surface area contributed by atoms with Gasteiger partial charge in [-0.1, -0.05) is 13.8 Å². The topological polar surface area (TPSA) is 79.8 Å². The lowest BCUT2D eigenvalue weighted by Gasteiger charge is -2.34. The molecule has 2 N–H and O–H groups in total. The molecule has 1 saturated heterocycles. The smallest absolute Gasteiger partial charge is 0.191 e. The zero-order valence-electron chi connectivity index (χ0n) is 14.9. The Labute approximate surface area is 158 Å². The van der Waals surface area contributed by atoms with Crippen molar-refractivity contribution in [3.05, 3.63) is 0 Å². The van der Waals surface area contributed by atoms with Gasteiger partial charge in [0.1, 0.15) is 0 Å². The van der Waals surface area contributed by atoms with Gasteiger partial charge in [0.25, 0.3) is 0 Å². The van der Waals surface area contributed by atoms with E-state index in [-0.39, 0.29) is 36.6 Å². The Kier molecular flexibility index (Phi) is 9.99. The quantitative estimate of drug-likeness (QED) is 0.358. The fourth-order valence-corrected chi connectivity index (χ4v) is 3.52. The van der Waals surface area contributed by atoms with Gasteiger partial charge in [-0.05, 0) is 32.6 Å². The molecule has 0 aromatic carbocycles. The minimum absolute atomic E-state index is 0. The highest BCUT2D eigenvalue weighted by molar-refractivity contribution is 14.0. The molecule has 1 aliphatic heterocycles. The van der Waals surface area contributed by atoms with Gasteiger partial charge >= 0.3 is 0 Å². The maximum atomic E-state index is 12.2. The van der Waals surface area contributed by atoms with Crippen molar-refractivity contribution in [2.24, 2.45) is 10.9 Å². The summed E-state index contributed by atoms with van der Waals surface area (Å²) in [7, 11) is -3.19. The van der Waals surface area contributed by atoms with Crippen LogP contribution in [0.3, 0.4) is 0 Å². The number of aliphatic imine (C=N–C) groups is 1. The summed E-state index contributed by atoms with van der Waals surface area (Å²) in [5, 5.41) is 6.53. The van der Waals surface area contributed by atoms with E-state index in [4.69, 9.17) is 4.74 Å². The van der Waals surface area contributed by atoms with Crippen molar-refractivity contribution in [3.8, 4) is 0 Å². The van der Waals surface area contributed by atoms with Crippen LogP contribution >= 0.6 is 24.0 Å². The zero-order chi connectivity index (χ0) is 16.8. The summed E-state index contributed by atoms with van der Waals surface area (Å²) in [5.41, 5.74) is 0. The van der Waals surface area contributed by atoms with E-state index in [0.717, 1.165) is 6.54 Å². The molecule has 0 aromatic rings. The van der Waals surface area contributed by atoms with Gasteiger partial charge in [0.2, 0.25) is 0 Å². The number of ether oxygens (including phenoxy) is 1. The normalized spacial score (nSPS) is 19.8. The molecular weight excluding hydrogens is 429 g/mol. The summed E-state index contributed by atoms with van der Waals surface area (Å²) in [6, 6.07) is 0.265. The van der Waals surface area contributed by atoms with Crippen molar-refractivity contribution < 1.29 is 13.2 Å². The first-order valence-electron chi connectivity index (χ1n) is 8.04. The molecule has 0 aromatic heterocycles. The van der Waals surface area contributed by atoms with E-state index in [1.54, 1.807) is 0 Å². The lowest BCUT2D eigenvalue weighted by atomic mass is 9.99. The minimum atomic E-state index is -3.19. The molecule has 0 saturated carbocycles. The van der Waals surface area contributed by atoms with Gasteiger partial charge in [-0.2, -0.15) is 0 Å². The molecule has 0 amide bonds. The van der Waals surface area contributed by atoms with Crippen molar-refractivity contribution in [1.29, 1.82) is 0 Å². The third-order valence-electron chi connectivity index (χ3n) is 4.42. The van der Waals surface area contributed by atoms with E-state index in [2.05, 4.69) is 36.4 Å². The van der Waals surface area contributed by atoms with Crippen molar-refractivity contribution in [1.82, 2.24) is 10.6 Å². The predicted molar refractivity (Wildman–Crippen MR) is 106 cm³/mol. The molecule has 0 spiro atoms. The van der Waals surface area contributed by atoms with Gasteiger partial charge in [-0.15, -0.1) is 24.0 Å². The molecule has 1 rings (SSSR count). The molecule has 0 aliphatic carbocycles. The number of guanidine groups is 1. The van der Waals surface area contributed by atoms with E-state index in [1.807, 2.05) is 6.92 Å². The summed E-state index contributed by atoms with van der Waals surface area (Å²) >= 11 is 0. The molecule has 1 aliphatic rings. The summed E-state index contributed by atoms with van der Waals surface area (Å²) < 4.78 is 29.0. The monoisotopic (exact) mass is 461 g/mol. The molecule has 1 heterocycles. The third-order valence-corrected chi connectivity index (χ3v) is 6.54. The highest BCUT2D eigenvalue weighted by Crippen LogP contribution is 2.29. The van der Waals surface area contributed by atoms with E-state index in [0.29, 0.717) is 37.9 Å². The predicted octanol–water partition coefficient (Wildman–Crippen LogP) is 1.80. The van der Waals surface area contributed by atoms with Crippen LogP contribution in [0.4, 0.5) is 0 Å². The third kappa shape index (κ3) is 6.74. The highest BCUT2D eigenvalue weighted by Gasteiger charge is 2.42. The molecule has 1 fully saturated rings. The maximum Gasteiger partial charge on any atom is 0.191 e. The van der Waals surface area contributed by atoms with Crippen LogP contribution in [0.1, 0.15) is 40.5 Å². The van der Waals surface area contributed by atoms with Crippen molar-refractivity contribution in [2.75, 3.05) is 32.6 Å². The van der Waals surface area contributed by atoms with Crippen molar-refractivity contribution in [2.45, 2.75) is 51.3 Å². The van der Waals surface area contributed by atoms with Crippen molar-refractivity contribution >= 4 is 39.8 Å². The number of rotatable bonds is 6. The second-order valence-electron chi connectivity index (χ2n) is 6.44. The Morgan fingerprint density at radius 1 is 1.26 bits per heavy atom. The summed E-state index contributed by atoms with van der Waals surface area (Å²) in [6.07, 6.45) is 2.33. The van der Waals surface area contributed by atoms with Gasteiger partial charge in [0.15, 0.2) is 15.8 Å². The molecule has 138 valence electrons. The van der Waals surface area contributed by atoms with E-state index in [1.165, 1.54) is 6.26 Å². The van der Waals surface area contributed by atoms with Crippen LogP contribution < -0.4 is 10.6 Å². The first-order valence-corrected chi connectivity index (χ1v) is 9.93. The molecule has 0 bridgehead atoms. The molecule has 0 radical (unpaired) electrons. The fourth-order valence-electron chi connectivity index (χ4n) is 2.32. The Hall–Kier alpha value is -0.0900. The van der Waals surface area contributed by atoms with Gasteiger partial charge in [-0.3, -0.25) is 4.99 Å². The SMILES string of the molecule is CCNC(=NCC1(S(C)(=O)=O)CCOCC1)NC(C)C(C)C.I. The average molecular weight is 461 g/mol. The van der Waals surface area contributed by atoms with Crippen LogP contribution in [0.15, 0.2) is 4.99 Å². The summed E-state index contributed by atoms with van der Waals surface area (Å²) in [6.45, 7) is 10.3. The number of sulfone groups is 1. The first kappa shape index (κ1) is 22.9. The van der Waals surface area contributed by atoms with Gasteiger partial charge < -0.3 is 15.4 Å². The lowest BCUT2D eigenvalue weighted by molar-refractivity contribution is 0.0768. The van der Waals surface area contributed by atoms with Crippen LogP contribution in [0.25, 0.3) is 0 Å². The van der Waals surface area contributed by atoms with E-state index >= 15 is 0 Å².